The van der Waals surface area contributed by atoms with Crippen LogP contribution in [-0.2, 0) is 0 Å². The summed E-state index contributed by atoms with van der Waals surface area (Å²) >= 11 is 0. The second-order valence-corrected chi connectivity index (χ2v) is 5.93. The molecule has 0 aliphatic carbocycles. The molecule has 0 atom stereocenters. The summed E-state index contributed by atoms with van der Waals surface area (Å²) in [6.07, 6.45) is 1.04. The normalized spacial score (nSPS) is 10.4. The molecule has 0 radical (unpaired) electrons. The Balaban J connectivity index is 2.03. The van der Waals surface area contributed by atoms with Gasteiger partial charge in [0.1, 0.15) is 17.3 Å². The number of aromatic nitrogens is 2. The van der Waals surface area contributed by atoms with Crippen LogP contribution >= 0.6 is 0 Å². The van der Waals surface area contributed by atoms with Crippen LogP contribution in [0, 0.1) is 5.92 Å². The van der Waals surface area contributed by atoms with Gasteiger partial charge in [0, 0.05) is 12.6 Å². The summed E-state index contributed by atoms with van der Waals surface area (Å²) in [5.74, 6) is 2.05. The van der Waals surface area contributed by atoms with Crippen LogP contribution < -0.4 is 20.1 Å². The summed E-state index contributed by atoms with van der Waals surface area (Å²) < 4.78 is 10.4. The first kappa shape index (κ1) is 18.5. The lowest BCUT2D eigenvalue weighted by molar-refractivity contribution is 0.102. The van der Waals surface area contributed by atoms with E-state index in [0.717, 1.165) is 13.0 Å². The molecule has 1 amide bonds. The number of anilines is 2. The lowest BCUT2D eigenvalue weighted by atomic mass is 10.1. The fourth-order valence-electron chi connectivity index (χ4n) is 2.13. The third-order valence-electron chi connectivity index (χ3n) is 3.58. The highest BCUT2D eigenvalue weighted by molar-refractivity contribution is 6.03. The molecule has 134 valence electrons. The standard InChI is InChI=1S/C18H24N4O3/c1-12(2)9-10-19-17-8-6-14(21-22-17)18(23)20-15-11-13(24-3)5-7-16(15)25-4/h5-8,11-12H,9-10H2,1-4H3,(H,19,22)(H,20,23). The van der Waals surface area contributed by atoms with Crippen molar-refractivity contribution in [2.24, 2.45) is 5.92 Å². The second-order valence-electron chi connectivity index (χ2n) is 5.93. The molecular formula is C18H24N4O3. The zero-order chi connectivity index (χ0) is 18.2. The molecule has 1 aromatic heterocycles. The molecule has 0 saturated carbocycles. The molecule has 1 aromatic carbocycles. The highest BCUT2D eigenvalue weighted by Crippen LogP contribution is 2.29. The van der Waals surface area contributed by atoms with Crippen LogP contribution in [0.15, 0.2) is 30.3 Å². The van der Waals surface area contributed by atoms with Crippen molar-refractivity contribution in [3.63, 3.8) is 0 Å². The van der Waals surface area contributed by atoms with Crippen LogP contribution in [0.2, 0.25) is 0 Å². The van der Waals surface area contributed by atoms with E-state index in [9.17, 15) is 4.79 Å². The smallest absolute Gasteiger partial charge is 0.276 e. The Bertz CT molecular complexity index is 702. The molecule has 1 heterocycles. The minimum absolute atomic E-state index is 0.222. The van der Waals surface area contributed by atoms with E-state index in [1.807, 2.05) is 0 Å². The number of hydrogen-bond acceptors (Lipinski definition) is 6. The van der Waals surface area contributed by atoms with E-state index in [1.165, 1.54) is 7.11 Å². The summed E-state index contributed by atoms with van der Waals surface area (Å²) in [6.45, 7) is 5.14. The molecule has 0 fully saturated rings. The van der Waals surface area contributed by atoms with Crippen molar-refractivity contribution in [2.75, 3.05) is 31.4 Å². The van der Waals surface area contributed by atoms with Gasteiger partial charge in [-0.25, -0.2) is 0 Å². The van der Waals surface area contributed by atoms with Crippen LogP contribution in [0.5, 0.6) is 11.5 Å². The Morgan fingerprint density at radius 1 is 1.12 bits per heavy atom. The fourth-order valence-corrected chi connectivity index (χ4v) is 2.13. The molecule has 7 nitrogen and oxygen atoms in total. The van der Waals surface area contributed by atoms with Crippen LogP contribution in [0.4, 0.5) is 11.5 Å². The number of benzene rings is 1. The number of nitrogens with one attached hydrogen (secondary N) is 2. The first-order chi connectivity index (χ1) is 12.0. The van der Waals surface area contributed by atoms with E-state index in [-0.39, 0.29) is 11.6 Å². The monoisotopic (exact) mass is 344 g/mol. The number of amides is 1. The molecule has 0 saturated heterocycles. The molecule has 0 bridgehead atoms. The Labute approximate surface area is 147 Å². The summed E-state index contributed by atoms with van der Waals surface area (Å²) in [5.41, 5.74) is 0.729. The molecule has 0 aliphatic rings. The second kappa shape index (κ2) is 8.86. The topological polar surface area (TPSA) is 85.4 Å². The van der Waals surface area contributed by atoms with Gasteiger partial charge < -0.3 is 20.1 Å². The Hall–Kier alpha value is -2.83. The maximum absolute atomic E-state index is 12.4. The lowest BCUT2D eigenvalue weighted by Crippen LogP contribution is -2.16. The third kappa shape index (κ3) is 5.34. The minimum Gasteiger partial charge on any atom is -0.497 e. The van der Waals surface area contributed by atoms with Crippen LogP contribution in [0.25, 0.3) is 0 Å². The number of nitrogens with zero attached hydrogens (tertiary/aromatic N) is 2. The van der Waals surface area contributed by atoms with Crippen LogP contribution in [0.1, 0.15) is 30.8 Å². The number of methoxy groups -OCH3 is 2. The van der Waals surface area contributed by atoms with Gasteiger partial charge in [-0.2, -0.15) is 0 Å². The molecule has 2 rings (SSSR count). The zero-order valence-electron chi connectivity index (χ0n) is 15.0. The first-order valence-corrected chi connectivity index (χ1v) is 8.14. The van der Waals surface area contributed by atoms with Crippen molar-refractivity contribution in [1.82, 2.24) is 10.2 Å². The van der Waals surface area contributed by atoms with Gasteiger partial charge >= 0.3 is 0 Å². The molecule has 0 unspecified atom stereocenters. The van der Waals surface area contributed by atoms with Crippen molar-refractivity contribution >= 4 is 17.4 Å². The zero-order valence-corrected chi connectivity index (χ0v) is 15.0. The van der Waals surface area contributed by atoms with Crippen molar-refractivity contribution in [1.29, 1.82) is 0 Å². The van der Waals surface area contributed by atoms with Gasteiger partial charge in [-0.3, -0.25) is 4.79 Å². The molecule has 0 aliphatic heterocycles. The Morgan fingerprint density at radius 3 is 2.52 bits per heavy atom. The van der Waals surface area contributed by atoms with E-state index in [0.29, 0.717) is 28.9 Å². The predicted molar refractivity (Wildman–Crippen MR) is 97.5 cm³/mol. The molecule has 2 N–H and O–H groups in total. The molecular weight excluding hydrogens is 320 g/mol. The number of carbonyl (C=O) groups is 1. The summed E-state index contributed by atoms with van der Waals surface area (Å²) in [7, 11) is 3.10. The van der Waals surface area contributed by atoms with Gasteiger partial charge in [0.2, 0.25) is 0 Å². The van der Waals surface area contributed by atoms with Gasteiger partial charge in [0.25, 0.3) is 5.91 Å². The highest BCUT2D eigenvalue weighted by Gasteiger charge is 2.13. The van der Waals surface area contributed by atoms with Gasteiger partial charge in [-0.1, -0.05) is 13.8 Å². The summed E-state index contributed by atoms with van der Waals surface area (Å²) in [5, 5.41) is 14.0. The average Bonchev–Trinajstić information content (AvgIpc) is 2.61. The number of carbonyl (C=O) groups excluding carboxylic acids is 1. The van der Waals surface area contributed by atoms with Gasteiger partial charge in [0.05, 0.1) is 19.9 Å². The van der Waals surface area contributed by atoms with E-state index in [4.69, 9.17) is 9.47 Å². The molecule has 25 heavy (non-hydrogen) atoms. The predicted octanol–water partition coefficient (Wildman–Crippen LogP) is 3.20. The van der Waals surface area contributed by atoms with Gasteiger partial charge in [0.15, 0.2) is 5.69 Å². The van der Waals surface area contributed by atoms with Crippen LogP contribution in [0.3, 0.4) is 0 Å². The summed E-state index contributed by atoms with van der Waals surface area (Å²) in [4.78, 5) is 12.4. The highest BCUT2D eigenvalue weighted by atomic mass is 16.5. The Morgan fingerprint density at radius 2 is 1.92 bits per heavy atom. The van der Waals surface area contributed by atoms with Crippen molar-refractivity contribution in [3.05, 3.63) is 36.0 Å². The fraction of sp³-hybridized carbons (Fsp3) is 0.389. The number of hydrogen-bond donors (Lipinski definition) is 2. The lowest BCUT2D eigenvalue weighted by Gasteiger charge is -2.11. The van der Waals surface area contributed by atoms with E-state index >= 15 is 0 Å². The molecule has 2 aromatic rings. The van der Waals surface area contributed by atoms with Crippen molar-refractivity contribution in [2.45, 2.75) is 20.3 Å². The maximum atomic E-state index is 12.4. The summed E-state index contributed by atoms with van der Waals surface area (Å²) in [6, 6.07) is 8.54. The Kier molecular flexibility index (Phi) is 6.56. The maximum Gasteiger partial charge on any atom is 0.276 e. The van der Waals surface area contributed by atoms with Gasteiger partial charge in [-0.15, -0.1) is 10.2 Å². The van der Waals surface area contributed by atoms with E-state index in [2.05, 4.69) is 34.7 Å². The third-order valence-corrected chi connectivity index (χ3v) is 3.58. The molecule has 0 spiro atoms. The quantitative estimate of drug-likeness (QED) is 0.765. The SMILES string of the molecule is COc1ccc(OC)c(NC(=O)c2ccc(NCCC(C)C)nn2)c1. The van der Waals surface area contributed by atoms with Crippen LogP contribution in [-0.4, -0.2) is 36.9 Å². The van der Waals surface area contributed by atoms with E-state index < -0.39 is 0 Å². The van der Waals surface area contributed by atoms with Crippen molar-refractivity contribution in [3.8, 4) is 11.5 Å². The largest absolute Gasteiger partial charge is 0.497 e. The minimum atomic E-state index is -0.368. The number of rotatable bonds is 8. The average molecular weight is 344 g/mol. The van der Waals surface area contributed by atoms with Crippen molar-refractivity contribution < 1.29 is 14.3 Å². The number of ether oxygens (including phenoxy) is 2. The van der Waals surface area contributed by atoms with E-state index in [1.54, 1.807) is 37.4 Å². The molecule has 7 heteroatoms. The first-order valence-electron chi connectivity index (χ1n) is 8.14. The van der Waals surface area contributed by atoms with Gasteiger partial charge in [-0.05, 0) is 36.6 Å².